The van der Waals surface area contributed by atoms with Crippen LogP contribution in [0.25, 0.3) is 6.08 Å². The molecule has 1 aliphatic heterocycles. The molecule has 0 amide bonds. The largest absolute Gasteiger partial charge is 0.493 e. The summed E-state index contributed by atoms with van der Waals surface area (Å²) in [7, 11) is 1.58. The van der Waals surface area contributed by atoms with Gasteiger partial charge in [-0.3, -0.25) is 0 Å². The predicted molar refractivity (Wildman–Crippen MR) is 127 cm³/mol. The van der Waals surface area contributed by atoms with Gasteiger partial charge in [-0.25, -0.2) is 9.79 Å². The Hall–Kier alpha value is -3.48. The number of hydrogen-bond acceptors (Lipinski definition) is 6. The highest BCUT2D eigenvalue weighted by atomic mass is 35.5. The maximum Gasteiger partial charge on any atom is 0.363 e. The van der Waals surface area contributed by atoms with Crippen molar-refractivity contribution in [2.45, 2.75) is 0 Å². The molecule has 168 valence electrons. The molecule has 1 aliphatic rings. The zero-order valence-electron chi connectivity index (χ0n) is 17.6. The van der Waals surface area contributed by atoms with Gasteiger partial charge >= 0.3 is 5.97 Å². The van der Waals surface area contributed by atoms with Crippen molar-refractivity contribution in [1.82, 2.24) is 0 Å². The molecule has 0 N–H and O–H groups in total. The van der Waals surface area contributed by atoms with Crippen molar-refractivity contribution in [1.29, 1.82) is 0 Å². The number of rotatable bonds is 8. The van der Waals surface area contributed by atoms with E-state index in [2.05, 4.69) is 4.99 Å². The van der Waals surface area contributed by atoms with Gasteiger partial charge in [0.2, 0.25) is 5.90 Å². The second-order valence-electron chi connectivity index (χ2n) is 6.86. The van der Waals surface area contributed by atoms with Crippen LogP contribution in [-0.2, 0) is 9.53 Å². The molecular weight excluding hydrogens is 465 g/mol. The lowest BCUT2D eigenvalue weighted by Gasteiger charge is -2.13. The van der Waals surface area contributed by atoms with Crippen LogP contribution >= 0.6 is 23.2 Å². The summed E-state index contributed by atoms with van der Waals surface area (Å²) in [6, 6.07) is 19.8. The minimum absolute atomic E-state index is 0.153. The fourth-order valence-electron chi connectivity index (χ4n) is 3.11. The van der Waals surface area contributed by atoms with Crippen molar-refractivity contribution in [3.8, 4) is 17.2 Å². The highest BCUT2D eigenvalue weighted by molar-refractivity contribution is 6.37. The molecular formula is C25H19Cl2NO5. The van der Waals surface area contributed by atoms with Gasteiger partial charge in [0, 0.05) is 5.56 Å². The third-order valence-corrected chi connectivity index (χ3v) is 5.18. The van der Waals surface area contributed by atoms with Crippen molar-refractivity contribution in [2.24, 2.45) is 4.99 Å². The molecule has 0 fully saturated rings. The number of ether oxygens (including phenoxy) is 4. The van der Waals surface area contributed by atoms with Crippen LogP contribution < -0.4 is 14.2 Å². The molecule has 0 unspecified atom stereocenters. The van der Waals surface area contributed by atoms with E-state index in [4.69, 9.17) is 42.1 Å². The first-order valence-electron chi connectivity index (χ1n) is 10.0. The lowest BCUT2D eigenvalue weighted by molar-refractivity contribution is -0.129. The number of methoxy groups -OCH3 is 1. The fraction of sp³-hybridized carbons (Fsp3) is 0.120. The second-order valence-corrected chi connectivity index (χ2v) is 7.68. The van der Waals surface area contributed by atoms with Crippen LogP contribution in [0.5, 0.6) is 17.2 Å². The van der Waals surface area contributed by atoms with E-state index in [0.29, 0.717) is 38.4 Å². The molecule has 8 heteroatoms. The fourth-order valence-corrected chi connectivity index (χ4v) is 3.72. The summed E-state index contributed by atoms with van der Waals surface area (Å²) in [4.78, 5) is 16.5. The van der Waals surface area contributed by atoms with Crippen LogP contribution in [0.2, 0.25) is 10.0 Å². The Morgan fingerprint density at radius 3 is 2.24 bits per heavy atom. The van der Waals surface area contributed by atoms with E-state index in [0.717, 1.165) is 0 Å². The Labute approximate surface area is 201 Å². The summed E-state index contributed by atoms with van der Waals surface area (Å²) in [5, 5.41) is 0.593. The molecule has 0 saturated carbocycles. The van der Waals surface area contributed by atoms with Crippen LogP contribution in [0.15, 0.2) is 77.4 Å². The molecule has 4 rings (SSSR count). The van der Waals surface area contributed by atoms with E-state index < -0.39 is 5.97 Å². The topological polar surface area (TPSA) is 66.3 Å². The van der Waals surface area contributed by atoms with Crippen molar-refractivity contribution < 1.29 is 23.7 Å². The molecule has 0 radical (unpaired) electrons. The molecule has 0 bridgehead atoms. The van der Waals surface area contributed by atoms with E-state index in [-0.39, 0.29) is 24.8 Å². The smallest absolute Gasteiger partial charge is 0.363 e. The number of halogens is 2. The summed E-state index contributed by atoms with van der Waals surface area (Å²) in [6.45, 7) is 0.483. The summed E-state index contributed by atoms with van der Waals surface area (Å²) in [5.74, 6) is 1.27. The van der Waals surface area contributed by atoms with Gasteiger partial charge in [0.25, 0.3) is 0 Å². The van der Waals surface area contributed by atoms with Gasteiger partial charge in [-0.15, -0.1) is 0 Å². The van der Waals surface area contributed by atoms with E-state index in [1.54, 1.807) is 31.4 Å². The van der Waals surface area contributed by atoms with Gasteiger partial charge in [0.15, 0.2) is 22.9 Å². The molecule has 33 heavy (non-hydrogen) atoms. The number of hydrogen-bond donors (Lipinski definition) is 0. The van der Waals surface area contributed by atoms with Crippen molar-refractivity contribution in [3.63, 3.8) is 0 Å². The molecule has 0 spiro atoms. The van der Waals surface area contributed by atoms with E-state index >= 15 is 0 Å². The van der Waals surface area contributed by atoms with Crippen molar-refractivity contribution in [2.75, 3.05) is 20.3 Å². The van der Waals surface area contributed by atoms with Gasteiger partial charge in [-0.05, 0) is 48.0 Å². The minimum Gasteiger partial charge on any atom is -0.493 e. The Balaban J connectivity index is 1.43. The zero-order valence-corrected chi connectivity index (χ0v) is 19.1. The SMILES string of the molecule is COc1ccccc1OCCOc1c(Cl)cc(C=C2N=C(c3ccccc3)OC2=O)cc1Cl. The first-order valence-corrected chi connectivity index (χ1v) is 10.8. The Morgan fingerprint density at radius 2 is 1.55 bits per heavy atom. The Morgan fingerprint density at radius 1 is 0.909 bits per heavy atom. The van der Waals surface area contributed by atoms with E-state index in [9.17, 15) is 4.79 Å². The molecule has 1 heterocycles. The number of cyclic esters (lactones) is 1. The number of carbonyl (C=O) groups is 1. The zero-order chi connectivity index (χ0) is 23.2. The lowest BCUT2D eigenvalue weighted by atomic mass is 10.2. The van der Waals surface area contributed by atoms with Gasteiger partial charge in [0.1, 0.15) is 13.2 Å². The number of carbonyl (C=O) groups excluding carboxylic acids is 1. The molecule has 6 nitrogen and oxygen atoms in total. The molecule has 0 aromatic heterocycles. The van der Waals surface area contributed by atoms with E-state index in [1.807, 2.05) is 48.5 Å². The first kappa shape index (κ1) is 22.7. The maximum atomic E-state index is 12.2. The third-order valence-electron chi connectivity index (χ3n) is 4.62. The van der Waals surface area contributed by atoms with Crippen LogP contribution in [0.4, 0.5) is 0 Å². The Kier molecular flexibility index (Phi) is 7.17. The van der Waals surface area contributed by atoms with Gasteiger partial charge in [-0.2, -0.15) is 0 Å². The number of aliphatic imine (C=N–C) groups is 1. The van der Waals surface area contributed by atoms with Crippen LogP contribution in [-0.4, -0.2) is 32.2 Å². The Bertz CT molecular complexity index is 1200. The first-order chi connectivity index (χ1) is 16.0. The van der Waals surface area contributed by atoms with E-state index in [1.165, 1.54) is 0 Å². The van der Waals surface area contributed by atoms with Crippen LogP contribution in [0.3, 0.4) is 0 Å². The monoisotopic (exact) mass is 483 g/mol. The summed E-state index contributed by atoms with van der Waals surface area (Å²) < 4.78 is 21.9. The standard InChI is InChI=1S/C25H19Cl2NO5/c1-30-21-9-5-6-10-22(21)31-11-12-32-23-18(26)13-16(14-19(23)27)15-20-25(29)33-24(28-20)17-7-3-2-4-8-17/h2-10,13-15H,11-12H2,1H3. The summed E-state index contributed by atoms with van der Waals surface area (Å²) in [6.07, 6.45) is 1.56. The number of esters is 1. The van der Waals surface area contributed by atoms with Crippen molar-refractivity contribution in [3.05, 3.63) is 93.6 Å². The highest BCUT2D eigenvalue weighted by Gasteiger charge is 2.24. The maximum absolute atomic E-state index is 12.2. The van der Waals surface area contributed by atoms with Crippen molar-refractivity contribution >= 4 is 41.1 Å². The third kappa shape index (κ3) is 5.48. The molecule has 0 aliphatic carbocycles. The summed E-state index contributed by atoms with van der Waals surface area (Å²) in [5.41, 5.74) is 1.46. The number of nitrogens with zero attached hydrogens (tertiary/aromatic N) is 1. The number of benzene rings is 3. The predicted octanol–water partition coefficient (Wildman–Crippen LogP) is 5.80. The molecule has 0 saturated heterocycles. The van der Waals surface area contributed by atoms with Gasteiger partial charge < -0.3 is 18.9 Å². The lowest BCUT2D eigenvalue weighted by Crippen LogP contribution is -2.10. The van der Waals surface area contributed by atoms with Gasteiger partial charge in [-0.1, -0.05) is 53.5 Å². The minimum atomic E-state index is -0.546. The van der Waals surface area contributed by atoms with Crippen LogP contribution in [0, 0.1) is 0 Å². The average molecular weight is 484 g/mol. The molecule has 3 aromatic rings. The highest BCUT2D eigenvalue weighted by Crippen LogP contribution is 2.35. The van der Waals surface area contributed by atoms with Crippen LogP contribution in [0.1, 0.15) is 11.1 Å². The second kappa shape index (κ2) is 10.4. The van der Waals surface area contributed by atoms with Gasteiger partial charge in [0.05, 0.1) is 17.2 Å². The molecule has 3 aromatic carbocycles. The average Bonchev–Trinajstić information content (AvgIpc) is 3.19. The number of para-hydroxylation sites is 2. The molecule has 0 atom stereocenters. The quantitative estimate of drug-likeness (QED) is 0.230. The summed E-state index contributed by atoms with van der Waals surface area (Å²) >= 11 is 12.7. The normalized spacial score (nSPS) is 14.1.